The van der Waals surface area contributed by atoms with Crippen molar-refractivity contribution in [1.29, 1.82) is 0 Å². The summed E-state index contributed by atoms with van der Waals surface area (Å²) in [6, 6.07) is 13.4. The molecule has 24 heavy (non-hydrogen) atoms. The maximum absolute atomic E-state index is 11.8. The number of rotatable bonds is 7. The summed E-state index contributed by atoms with van der Waals surface area (Å²) in [6.07, 6.45) is 1.55. The van der Waals surface area contributed by atoms with E-state index < -0.39 is 0 Å². The maximum atomic E-state index is 11.8. The zero-order valence-corrected chi connectivity index (χ0v) is 14.7. The number of benzene rings is 2. The van der Waals surface area contributed by atoms with Crippen LogP contribution in [0.4, 0.5) is 0 Å². The molecule has 0 saturated carbocycles. The van der Waals surface area contributed by atoms with E-state index in [1.807, 2.05) is 37.3 Å². The second-order valence-electron chi connectivity index (χ2n) is 5.00. The van der Waals surface area contributed by atoms with E-state index in [1.165, 1.54) is 17.3 Å². The molecule has 0 aliphatic rings. The Bertz CT molecular complexity index is 715. The van der Waals surface area contributed by atoms with Gasteiger partial charge in [-0.25, -0.2) is 5.43 Å². The number of nitrogens with zero attached hydrogens (tertiary/aromatic N) is 1. The van der Waals surface area contributed by atoms with Crippen LogP contribution in [0.5, 0.6) is 11.5 Å². The van der Waals surface area contributed by atoms with E-state index in [0.717, 1.165) is 10.5 Å². The Hall–Kier alpha value is -2.47. The van der Waals surface area contributed by atoms with Crippen LogP contribution in [-0.2, 0) is 4.79 Å². The number of hydrazone groups is 1. The number of hydrogen-bond acceptors (Lipinski definition) is 5. The molecular formula is C18H20N2O3S. The second kappa shape index (κ2) is 8.98. The van der Waals surface area contributed by atoms with Crippen molar-refractivity contribution >= 4 is 23.9 Å². The molecule has 0 aromatic heterocycles. The number of aryl methyl sites for hydroxylation is 1. The van der Waals surface area contributed by atoms with E-state index in [2.05, 4.69) is 10.5 Å². The molecule has 0 bridgehead atoms. The average molecular weight is 344 g/mol. The van der Waals surface area contributed by atoms with Crippen LogP contribution in [0.2, 0.25) is 0 Å². The summed E-state index contributed by atoms with van der Waals surface area (Å²) < 4.78 is 10.4. The Morgan fingerprint density at radius 3 is 2.58 bits per heavy atom. The topological polar surface area (TPSA) is 59.9 Å². The molecule has 6 heteroatoms. The van der Waals surface area contributed by atoms with E-state index in [4.69, 9.17) is 9.47 Å². The lowest BCUT2D eigenvalue weighted by Gasteiger charge is -2.07. The van der Waals surface area contributed by atoms with E-state index in [1.54, 1.807) is 32.6 Å². The highest BCUT2D eigenvalue weighted by molar-refractivity contribution is 8.00. The molecule has 1 amide bonds. The van der Waals surface area contributed by atoms with E-state index in [9.17, 15) is 4.79 Å². The first kappa shape index (κ1) is 17.9. The van der Waals surface area contributed by atoms with Crippen LogP contribution in [0, 0.1) is 6.92 Å². The minimum Gasteiger partial charge on any atom is -0.497 e. The van der Waals surface area contributed by atoms with Gasteiger partial charge in [-0.3, -0.25) is 4.79 Å². The predicted octanol–water partition coefficient (Wildman–Crippen LogP) is 3.25. The molecule has 2 aromatic rings. The molecule has 0 radical (unpaired) electrons. The standard InChI is InChI=1S/C18H20N2O3S/c1-13-4-8-16(9-5-13)24-12-18(21)20-19-11-14-6-7-15(22-2)10-17(14)23-3/h4-11H,12H2,1-3H3,(H,20,21)/b19-11+. The van der Waals surface area contributed by atoms with Crippen LogP contribution in [0.3, 0.4) is 0 Å². The average Bonchev–Trinajstić information content (AvgIpc) is 2.61. The lowest BCUT2D eigenvalue weighted by atomic mass is 10.2. The van der Waals surface area contributed by atoms with Gasteiger partial charge in [-0.2, -0.15) is 5.10 Å². The molecule has 0 aliphatic heterocycles. The van der Waals surface area contributed by atoms with Crippen molar-refractivity contribution in [3.63, 3.8) is 0 Å². The Balaban J connectivity index is 1.86. The van der Waals surface area contributed by atoms with Crippen molar-refractivity contribution in [1.82, 2.24) is 5.43 Å². The van der Waals surface area contributed by atoms with E-state index >= 15 is 0 Å². The van der Waals surface area contributed by atoms with Gasteiger partial charge in [-0.05, 0) is 31.2 Å². The largest absolute Gasteiger partial charge is 0.497 e. The molecule has 0 unspecified atom stereocenters. The number of nitrogens with one attached hydrogen (secondary N) is 1. The fourth-order valence-electron chi connectivity index (χ4n) is 1.91. The number of carbonyl (C=O) groups is 1. The van der Waals surface area contributed by atoms with Gasteiger partial charge in [0.05, 0.1) is 26.2 Å². The fraction of sp³-hybridized carbons (Fsp3) is 0.222. The second-order valence-corrected chi connectivity index (χ2v) is 6.05. The smallest absolute Gasteiger partial charge is 0.250 e. The highest BCUT2D eigenvalue weighted by Gasteiger charge is 2.04. The summed E-state index contributed by atoms with van der Waals surface area (Å²) in [7, 11) is 3.16. The zero-order valence-electron chi connectivity index (χ0n) is 13.9. The number of ether oxygens (including phenoxy) is 2. The lowest BCUT2D eigenvalue weighted by molar-refractivity contribution is -0.118. The molecule has 1 N–H and O–H groups in total. The molecule has 0 fully saturated rings. The Kier molecular flexibility index (Phi) is 6.69. The molecule has 0 spiro atoms. The van der Waals surface area contributed by atoms with Gasteiger partial charge in [-0.1, -0.05) is 17.7 Å². The molecule has 0 aliphatic carbocycles. The Morgan fingerprint density at radius 1 is 1.17 bits per heavy atom. The van der Waals surface area contributed by atoms with Crippen LogP contribution in [0.1, 0.15) is 11.1 Å². The number of thioether (sulfide) groups is 1. The molecule has 0 atom stereocenters. The number of amides is 1. The summed E-state index contributed by atoms with van der Waals surface area (Å²) in [4.78, 5) is 12.9. The monoisotopic (exact) mass is 344 g/mol. The summed E-state index contributed by atoms with van der Waals surface area (Å²) in [5.41, 5.74) is 4.47. The summed E-state index contributed by atoms with van der Waals surface area (Å²) in [6.45, 7) is 2.03. The normalized spacial score (nSPS) is 10.6. The number of hydrogen-bond donors (Lipinski definition) is 1. The molecule has 126 valence electrons. The minimum atomic E-state index is -0.163. The third-order valence-electron chi connectivity index (χ3n) is 3.22. The third kappa shape index (κ3) is 5.31. The van der Waals surface area contributed by atoms with Crippen LogP contribution in [0.25, 0.3) is 0 Å². The van der Waals surface area contributed by atoms with Crippen molar-refractivity contribution in [3.8, 4) is 11.5 Å². The first-order chi connectivity index (χ1) is 11.6. The maximum Gasteiger partial charge on any atom is 0.250 e. The van der Waals surface area contributed by atoms with Gasteiger partial charge in [0.2, 0.25) is 5.91 Å². The zero-order chi connectivity index (χ0) is 17.4. The molecule has 5 nitrogen and oxygen atoms in total. The predicted molar refractivity (Wildman–Crippen MR) is 97.2 cm³/mol. The number of carbonyl (C=O) groups excluding carboxylic acids is 1. The molecule has 2 aromatic carbocycles. The van der Waals surface area contributed by atoms with Crippen molar-refractivity contribution < 1.29 is 14.3 Å². The molecule has 0 heterocycles. The first-order valence-corrected chi connectivity index (χ1v) is 8.34. The molecule has 0 saturated heterocycles. The quantitative estimate of drug-likeness (QED) is 0.476. The summed E-state index contributed by atoms with van der Waals surface area (Å²) in [5.74, 6) is 1.47. The Labute approximate surface area is 146 Å². The van der Waals surface area contributed by atoms with Gasteiger partial charge in [-0.15, -0.1) is 11.8 Å². The summed E-state index contributed by atoms with van der Waals surface area (Å²) >= 11 is 1.47. The fourth-order valence-corrected chi connectivity index (χ4v) is 2.61. The van der Waals surface area contributed by atoms with E-state index in [0.29, 0.717) is 17.3 Å². The van der Waals surface area contributed by atoms with Gasteiger partial charge in [0.1, 0.15) is 11.5 Å². The third-order valence-corrected chi connectivity index (χ3v) is 4.24. The van der Waals surface area contributed by atoms with Gasteiger partial charge in [0.25, 0.3) is 0 Å². The van der Waals surface area contributed by atoms with Crippen LogP contribution in [0.15, 0.2) is 52.5 Å². The van der Waals surface area contributed by atoms with Crippen molar-refractivity contribution in [3.05, 3.63) is 53.6 Å². The van der Waals surface area contributed by atoms with Crippen LogP contribution >= 0.6 is 11.8 Å². The highest BCUT2D eigenvalue weighted by atomic mass is 32.2. The highest BCUT2D eigenvalue weighted by Crippen LogP contribution is 2.23. The van der Waals surface area contributed by atoms with Gasteiger partial charge < -0.3 is 9.47 Å². The van der Waals surface area contributed by atoms with Gasteiger partial charge in [0.15, 0.2) is 0 Å². The van der Waals surface area contributed by atoms with Gasteiger partial charge >= 0.3 is 0 Å². The van der Waals surface area contributed by atoms with Gasteiger partial charge in [0, 0.05) is 16.5 Å². The lowest BCUT2D eigenvalue weighted by Crippen LogP contribution is -2.19. The van der Waals surface area contributed by atoms with Crippen molar-refractivity contribution in [2.24, 2.45) is 5.10 Å². The first-order valence-electron chi connectivity index (χ1n) is 7.36. The SMILES string of the molecule is COc1ccc(/C=N/NC(=O)CSc2ccc(C)cc2)c(OC)c1. The van der Waals surface area contributed by atoms with Crippen molar-refractivity contribution in [2.45, 2.75) is 11.8 Å². The minimum absolute atomic E-state index is 0.163. The molecule has 2 rings (SSSR count). The number of methoxy groups -OCH3 is 2. The van der Waals surface area contributed by atoms with Crippen molar-refractivity contribution in [2.75, 3.05) is 20.0 Å². The molecular weight excluding hydrogens is 324 g/mol. The summed E-state index contributed by atoms with van der Waals surface area (Å²) in [5, 5.41) is 3.97. The van der Waals surface area contributed by atoms with Crippen LogP contribution in [-0.4, -0.2) is 32.1 Å². The Morgan fingerprint density at radius 2 is 1.92 bits per heavy atom. The van der Waals surface area contributed by atoms with Crippen LogP contribution < -0.4 is 14.9 Å². The van der Waals surface area contributed by atoms with E-state index in [-0.39, 0.29) is 5.91 Å².